The minimum absolute atomic E-state index is 0.131. The Morgan fingerprint density at radius 2 is 1.94 bits per heavy atom. The number of amides is 1. The van der Waals surface area contributed by atoms with Crippen molar-refractivity contribution in [3.63, 3.8) is 0 Å². The fourth-order valence-electron chi connectivity index (χ4n) is 3.36. The van der Waals surface area contributed by atoms with Crippen molar-refractivity contribution >= 4 is 39.3 Å². The highest BCUT2D eigenvalue weighted by atomic mass is 79.9. The normalized spacial score (nSPS) is 15.2. The topological polar surface area (TPSA) is 68.2 Å². The van der Waals surface area contributed by atoms with Gasteiger partial charge in [0.15, 0.2) is 5.69 Å². The van der Waals surface area contributed by atoms with Gasteiger partial charge in [0.25, 0.3) is 0 Å². The number of rotatable bonds is 4. The molecule has 160 valence electrons. The first-order chi connectivity index (χ1) is 14.8. The number of ether oxygens (including phenoxy) is 1. The fourth-order valence-corrected chi connectivity index (χ4v) is 4.36. The van der Waals surface area contributed by atoms with Crippen molar-refractivity contribution in [1.29, 1.82) is 0 Å². The van der Waals surface area contributed by atoms with Crippen LogP contribution in [0, 0.1) is 12.8 Å². The Morgan fingerprint density at radius 3 is 2.61 bits per heavy atom. The summed E-state index contributed by atoms with van der Waals surface area (Å²) < 4.78 is 7.34. The van der Waals surface area contributed by atoms with Crippen LogP contribution in [0.25, 0.3) is 11.3 Å². The van der Waals surface area contributed by atoms with Crippen LogP contribution in [0.15, 0.2) is 52.1 Å². The number of fused-ring (bicyclic) bond motifs is 3. The fraction of sp³-hybridized carbons (Fsp3) is 0.304. The third-order valence-corrected chi connectivity index (χ3v) is 6.59. The molecule has 2 aromatic carbocycles. The van der Waals surface area contributed by atoms with Crippen LogP contribution in [-0.4, -0.2) is 26.8 Å². The monoisotopic (exact) mass is 498 g/mol. The molecule has 2 heterocycles. The first kappa shape index (κ1) is 21.8. The Kier molecular flexibility index (Phi) is 6.29. The van der Waals surface area contributed by atoms with Crippen LogP contribution >= 0.6 is 27.7 Å². The summed E-state index contributed by atoms with van der Waals surface area (Å²) in [6, 6.07) is 13.6. The van der Waals surface area contributed by atoms with Gasteiger partial charge in [0.2, 0.25) is 23.2 Å². The number of carbonyl (C=O) groups excluding carboxylic acids is 1. The molecule has 4 rings (SSSR count). The van der Waals surface area contributed by atoms with Crippen LogP contribution in [0.1, 0.15) is 38.1 Å². The highest BCUT2D eigenvalue weighted by Crippen LogP contribution is 2.44. The molecule has 0 bridgehead atoms. The van der Waals surface area contributed by atoms with Crippen LogP contribution in [0.4, 0.5) is 5.69 Å². The molecule has 0 saturated carbocycles. The van der Waals surface area contributed by atoms with Gasteiger partial charge in [-0.2, -0.15) is 4.98 Å². The van der Waals surface area contributed by atoms with E-state index in [9.17, 15) is 4.79 Å². The van der Waals surface area contributed by atoms with Gasteiger partial charge in [0, 0.05) is 28.3 Å². The van der Waals surface area contributed by atoms with E-state index in [-0.39, 0.29) is 5.91 Å². The molecule has 1 aliphatic heterocycles. The maximum absolute atomic E-state index is 12.8. The summed E-state index contributed by atoms with van der Waals surface area (Å²) in [5.41, 5.74) is 3.94. The lowest BCUT2D eigenvalue weighted by molar-refractivity contribution is -0.118. The molecule has 0 spiro atoms. The van der Waals surface area contributed by atoms with E-state index in [1.807, 2.05) is 49.4 Å². The van der Waals surface area contributed by atoms with Gasteiger partial charge < -0.3 is 4.74 Å². The minimum Gasteiger partial charge on any atom is -0.447 e. The molecule has 0 N–H and O–H groups in total. The largest absolute Gasteiger partial charge is 0.447 e. The van der Waals surface area contributed by atoms with Gasteiger partial charge in [-0.15, -0.1) is 10.2 Å². The maximum atomic E-state index is 12.8. The van der Waals surface area contributed by atoms with E-state index in [1.54, 1.807) is 16.7 Å². The zero-order chi connectivity index (χ0) is 22.1. The van der Waals surface area contributed by atoms with Crippen LogP contribution in [0.2, 0.25) is 0 Å². The average Bonchev–Trinajstić information content (AvgIpc) is 2.86. The molecule has 0 radical (unpaired) electrons. The summed E-state index contributed by atoms with van der Waals surface area (Å²) in [6.45, 7) is 7.84. The van der Waals surface area contributed by atoms with Crippen molar-refractivity contribution in [2.24, 2.45) is 5.92 Å². The van der Waals surface area contributed by atoms with Gasteiger partial charge >= 0.3 is 0 Å². The van der Waals surface area contributed by atoms with Crippen LogP contribution in [0.5, 0.6) is 5.88 Å². The molecule has 6 nitrogen and oxygen atoms in total. The number of hydrogen-bond acceptors (Lipinski definition) is 6. The summed E-state index contributed by atoms with van der Waals surface area (Å²) in [5.74, 6) is 1.63. The smallest absolute Gasteiger partial charge is 0.247 e. The number of hydrogen-bond donors (Lipinski definition) is 0. The van der Waals surface area contributed by atoms with Crippen LogP contribution < -0.4 is 9.64 Å². The molecule has 3 aromatic rings. The van der Waals surface area contributed by atoms with E-state index < -0.39 is 6.23 Å². The van der Waals surface area contributed by atoms with E-state index >= 15 is 0 Å². The lowest BCUT2D eigenvalue weighted by Crippen LogP contribution is -2.36. The second-order valence-electron chi connectivity index (χ2n) is 7.88. The van der Waals surface area contributed by atoms with E-state index in [4.69, 9.17) is 4.74 Å². The number of benzene rings is 2. The number of nitrogens with zero attached hydrogens (tertiary/aromatic N) is 4. The van der Waals surface area contributed by atoms with E-state index in [2.05, 4.69) is 45.0 Å². The predicted molar refractivity (Wildman–Crippen MR) is 126 cm³/mol. The van der Waals surface area contributed by atoms with Crippen molar-refractivity contribution in [3.05, 3.63) is 58.1 Å². The summed E-state index contributed by atoms with van der Waals surface area (Å²) in [4.78, 5) is 19.2. The molecule has 1 aromatic heterocycles. The van der Waals surface area contributed by atoms with Crippen LogP contribution in [0.3, 0.4) is 0 Å². The van der Waals surface area contributed by atoms with E-state index in [1.165, 1.54) is 6.92 Å². The Bertz CT molecular complexity index is 1120. The van der Waals surface area contributed by atoms with Gasteiger partial charge in [-0.05, 0) is 37.1 Å². The quantitative estimate of drug-likeness (QED) is 0.423. The van der Waals surface area contributed by atoms with Crippen molar-refractivity contribution in [2.75, 3.05) is 10.7 Å². The van der Waals surface area contributed by atoms with Gasteiger partial charge in [-0.3, -0.25) is 9.69 Å². The second kappa shape index (κ2) is 8.96. The molecule has 1 amide bonds. The third kappa shape index (κ3) is 4.60. The number of aryl methyl sites for hydroxylation is 1. The van der Waals surface area contributed by atoms with Crippen molar-refractivity contribution in [1.82, 2.24) is 15.2 Å². The highest BCUT2D eigenvalue weighted by Gasteiger charge is 2.34. The number of aromatic nitrogens is 3. The number of carbonyl (C=O) groups is 1. The second-order valence-corrected chi connectivity index (χ2v) is 9.79. The summed E-state index contributed by atoms with van der Waals surface area (Å²) >= 11 is 5.02. The highest BCUT2D eigenvalue weighted by molar-refractivity contribution is 9.10. The molecule has 0 saturated heterocycles. The molecule has 31 heavy (non-hydrogen) atoms. The average molecular weight is 499 g/mol. The molecule has 0 fully saturated rings. The van der Waals surface area contributed by atoms with E-state index in [0.717, 1.165) is 32.6 Å². The molecule has 1 aliphatic rings. The summed E-state index contributed by atoms with van der Waals surface area (Å²) in [5, 5.41) is 9.36. The number of anilines is 1. The Morgan fingerprint density at radius 1 is 1.19 bits per heavy atom. The van der Waals surface area contributed by atoms with Crippen molar-refractivity contribution in [2.45, 2.75) is 39.1 Å². The molecule has 1 atom stereocenters. The third-order valence-electron chi connectivity index (χ3n) is 4.80. The lowest BCUT2D eigenvalue weighted by atomic mass is 10.0. The number of halogens is 1. The van der Waals surface area contributed by atoms with Gasteiger partial charge in [-0.1, -0.05) is 65.3 Å². The lowest BCUT2D eigenvalue weighted by Gasteiger charge is -2.30. The molecular weight excluding hydrogens is 476 g/mol. The first-order valence-corrected chi connectivity index (χ1v) is 11.8. The molecule has 8 heteroatoms. The predicted octanol–water partition coefficient (Wildman–Crippen LogP) is 5.80. The van der Waals surface area contributed by atoms with Gasteiger partial charge in [-0.25, -0.2) is 0 Å². The van der Waals surface area contributed by atoms with Crippen LogP contribution in [-0.2, 0) is 4.79 Å². The summed E-state index contributed by atoms with van der Waals surface area (Å²) in [6.07, 6.45) is -0.673. The first-order valence-electron chi connectivity index (χ1n) is 10.0. The zero-order valence-electron chi connectivity index (χ0n) is 17.8. The maximum Gasteiger partial charge on any atom is 0.247 e. The Balaban J connectivity index is 1.89. The standard InChI is InChI=1S/C23H23BrN4O2S/c1-13(2)12-31-23-25-21-20(26-27-23)18-11-14(3)5-10-19(18)28(15(4)29)22(30-21)16-6-8-17(24)9-7-16/h5-11,13,22H,12H2,1-4H3/t22-/m0/s1. The van der Waals surface area contributed by atoms with Crippen molar-refractivity contribution < 1.29 is 9.53 Å². The Labute approximate surface area is 194 Å². The van der Waals surface area contributed by atoms with Gasteiger partial charge in [0.1, 0.15) is 0 Å². The molecular formula is C23H23BrN4O2S. The van der Waals surface area contributed by atoms with E-state index in [0.29, 0.717) is 22.6 Å². The number of thioether (sulfide) groups is 1. The van der Waals surface area contributed by atoms with Crippen molar-refractivity contribution in [3.8, 4) is 17.1 Å². The molecule has 0 unspecified atom stereocenters. The Hall–Kier alpha value is -2.45. The zero-order valence-corrected chi connectivity index (χ0v) is 20.2. The minimum atomic E-state index is -0.673. The SMILES string of the molecule is CC(=O)N1c2ccc(C)cc2-c2nnc(SCC(C)C)nc2O[C@H]1c1ccc(Br)cc1. The van der Waals surface area contributed by atoms with Gasteiger partial charge in [0.05, 0.1) is 5.69 Å². The molecule has 0 aliphatic carbocycles. The summed E-state index contributed by atoms with van der Waals surface area (Å²) in [7, 11) is 0.